The Morgan fingerprint density at radius 1 is 1.00 bits per heavy atom. The summed E-state index contributed by atoms with van der Waals surface area (Å²) in [6, 6.07) is 11.6. The fraction of sp³-hybridized carbons (Fsp3) is 0.235. The van der Waals surface area contributed by atoms with Gasteiger partial charge in [-0.3, -0.25) is 4.79 Å². The lowest BCUT2D eigenvalue weighted by molar-refractivity contribution is 0.100. The molecule has 2 aromatic carbocycles. The van der Waals surface area contributed by atoms with Crippen molar-refractivity contribution in [1.82, 2.24) is 0 Å². The molecule has 0 bridgehead atoms. The van der Waals surface area contributed by atoms with Gasteiger partial charge in [-0.1, -0.05) is 24.3 Å². The van der Waals surface area contributed by atoms with Crippen molar-refractivity contribution in [2.45, 2.75) is 25.7 Å². The molecule has 0 atom stereocenters. The molecule has 0 spiro atoms. The molecule has 0 aliphatic heterocycles. The van der Waals surface area contributed by atoms with Gasteiger partial charge in [0.25, 0.3) is 0 Å². The normalized spacial score (nSPS) is 13.8. The Morgan fingerprint density at radius 2 is 1.75 bits per heavy atom. The first-order valence-electron chi connectivity index (χ1n) is 6.98. The molecule has 0 heterocycles. The van der Waals surface area contributed by atoms with Crippen molar-refractivity contribution in [2.24, 2.45) is 5.73 Å². The Labute approximate surface area is 118 Å². The third-order valence-electron chi connectivity index (χ3n) is 4.03. The molecule has 0 aromatic heterocycles. The number of nitrogen functional groups attached to an aromatic ring is 1. The quantitative estimate of drug-likeness (QED) is 0.820. The van der Waals surface area contributed by atoms with Crippen molar-refractivity contribution in [3.63, 3.8) is 0 Å². The van der Waals surface area contributed by atoms with E-state index < -0.39 is 5.91 Å². The number of carbonyl (C=O) groups is 1. The van der Waals surface area contributed by atoms with Crippen molar-refractivity contribution >= 4 is 11.6 Å². The molecule has 4 N–H and O–H groups in total. The molecule has 0 fully saturated rings. The van der Waals surface area contributed by atoms with Gasteiger partial charge in [-0.25, -0.2) is 0 Å². The molecule has 2 aromatic rings. The van der Waals surface area contributed by atoms with Gasteiger partial charge in [0.05, 0.1) is 0 Å². The number of hydrogen-bond donors (Lipinski definition) is 2. The number of fused-ring (bicyclic) bond motifs is 1. The van der Waals surface area contributed by atoms with Crippen LogP contribution in [-0.4, -0.2) is 5.91 Å². The number of hydrogen-bond acceptors (Lipinski definition) is 2. The van der Waals surface area contributed by atoms with Crippen LogP contribution in [-0.2, 0) is 12.8 Å². The van der Waals surface area contributed by atoms with Crippen LogP contribution in [0.15, 0.2) is 36.4 Å². The number of rotatable bonds is 2. The SMILES string of the molecule is NC(=O)c1cccc(N)c1-c1cccc2c1CCCC2. The molecule has 3 heteroatoms. The Hall–Kier alpha value is -2.29. The first-order valence-corrected chi connectivity index (χ1v) is 6.98. The summed E-state index contributed by atoms with van der Waals surface area (Å²) in [6.07, 6.45) is 4.55. The van der Waals surface area contributed by atoms with Crippen LogP contribution in [0, 0.1) is 0 Å². The van der Waals surface area contributed by atoms with Gasteiger partial charge < -0.3 is 11.5 Å². The summed E-state index contributed by atoms with van der Waals surface area (Å²) in [6.45, 7) is 0. The number of aryl methyl sites for hydroxylation is 1. The topological polar surface area (TPSA) is 69.1 Å². The first-order chi connectivity index (χ1) is 9.68. The number of amides is 1. The standard InChI is InChI=1S/C17H18N2O/c18-15-10-4-9-14(17(19)20)16(15)13-8-3-6-11-5-1-2-7-12(11)13/h3-4,6,8-10H,1-2,5,7,18H2,(H2,19,20). The fourth-order valence-corrected chi connectivity index (χ4v) is 3.09. The van der Waals surface area contributed by atoms with Gasteiger partial charge in [0, 0.05) is 16.8 Å². The lowest BCUT2D eigenvalue weighted by atomic mass is 9.84. The molecule has 1 aliphatic rings. The number of primary amides is 1. The van der Waals surface area contributed by atoms with Gasteiger partial charge in [-0.2, -0.15) is 0 Å². The monoisotopic (exact) mass is 266 g/mol. The molecule has 0 radical (unpaired) electrons. The van der Waals surface area contributed by atoms with E-state index in [0.29, 0.717) is 11.3 Å². The number of benzene rings is 2. The third-order valence-corrected chi connectivity index (χ3v) is 4.03. The molecular formula is C17H18N2O. The van der Waals surface area contributed by atoms with Crippen LogP contribution in [0.3, 0.4) is 0 Å². The highest BCUT2D eigenvalue weighted by Crippen LogP contribution is 2.36. The molecule has 20 heavy (non-hydrogen) atoms. The Kier molecular flexibility index (Phi) is 3.18. The van der Waals surface area contributed by atoms with Crippen LogP contribution < -0.4 is 11.5 Å². The molecule has 0 unspecified atom stereocenters. The van der Waals surface area contributed by atoms with Gasteiger partial charge in [-0.05, 0) is 54.5 Å². The minimum Gasteiger partial charge on any atom is -0.398 e. The van der Waals surface area contributed by atoms with Crippen LogP contribution in [0.4, 0.5) is 5.69 Å². The highest BCUT2D eigenvalue weighted by molar-refractivity contribution is 6.03. The molecule has 1 amide bonds. The number of anilines is 1. The maximum Gasteiger partial charge on any atom is 0.249 e. The molecule has 3 rings (SSSR count). The van der Waals surface area contributed by atoms with Gasteiger partial charge in [-0.15, -0.1) is 0 Å². The average Bonchev–Trinajstić information content (AvgIpc) is 2.46. The summed E-state index contributed by atoms with van der Waals surface area (Å²) in [5, 5.41) is 0. The van der Waals surface area contributed by atoms with Crippen molar-refractivity contribution in [1.29, 1.82) is 0 Å². The highest BCUT2D eigenvalue weighted by Gasteiger charge is 2.19. The lowest BCUT2D eigenvalue weighted by Gasteiger charge is -2.21. The molecule has 1 aliphatic carbocycles. The van der Waals surface area contributed by atoms with Crippen LogP contribution in [0.5, 0.6) is 0 Å². The van der Waals surface area contributed by atoms with E-state index >= 15 is 0 Å². The van der Waals surface area contributed by atoms with E-state index in [2.05, 4.69) is 6.07 Å². The second-order valence-electron chi connectivity index (χ2n) is 5.28. The smallest absolute Gasteiger partial charge is 0.249 e. The third kappa shape index (κ3) is 2.05. The summed E-state index contributed by atoms with van der Waals surface area (Å²) < 4.78 is 0. The fourth-order valence-electron chi connectivity index (χ4n) is 3.09. The van der Waals surface area contributed by atoms with E-state index in [9.17, 15) is 4.79 Å². The molecule has 0 saturated heterocycles. The van der Waals surface area contributed by atoms with E-state index in [-0.39, 0.29) is 0 Å². The van der Waals surface area contributed by atoms with Crippen LogP contribution >= 0.6 is 0 Å². The molecule has 0 saturated carbocycles. The Bertz CT molecular complexity index is 677. The van der Waals surface area contributed by atoms with Crippen LogP contribution in [0.2, 0.25) is 0 Å². The van der Waals surface area contributed by atoms with E-state index in [4.69, 9.17) is 11.5 Å². The van der Waals surface area contributed by atoms with Gasteiger partial charge in [0.1, 0.15) is 0 Å². The average molecular weight is 266 g/mol. The largest absolute Gasteiger partial charge is 0.398 e. The minimum absolute atomic E-state index is 0.430. The van der Waals surface area contributed by atoms with Gasteiger partial charge in [0.2, 0.25) is 5.91 Å². The predicted molar refractivity (Wildman–Crippen MR) is 81.5 cm³/mol. The zero-order valence-electron chi connectivity index (χ0n) is 11.4. The van der Waals surface area contributed by atoms with Crippen LogP contribution in [0.25, 0.3) is 11.1 Å². The molecular weight excluding hydrogens is 248 g/mol. The number of carbonyl (C=O) groups excluding carboxylic acids is 1. The first kappa shape index (κ1) is 12.7. The minimum atomic E-state index is -0.430. The second-order valence-corrected chi connectivity index (χ2v) is 5.28. The van der Waals surface area contributed by atoms with E-state index in [1.807, 2.05) is 18.2 Å². The summed E-state index contributed by atoms with van der Waals surface area (Å²) in [5.41, 5.74) is 17.3. The predicted octanol–water partition coefficient (Wildman–Crippen LogP) is 2.91. The zero-order valence-corrected chi connectivity index (χ0v) is 11.4. The van der Waals surface area contributed by atoms with Gasteiger partial charge in [0.15, 0.2) is 0 Å². The van der Waals surface area contributed by atoms with E-state index in [1.165, 1.54) is 24.0 Å². The van der Waals surface area contributed by atoms with Crippen molar-refractivity contribution in [3.8, 4) is 11.1 Å². The van der Waals surface area contributed by atoms with Gasteiger partial charge >= 0.3 is 0 Å². The van der Waals surface area contributed by atoms with E-state index in [1.54, 1.807) is 12.1 Å². The molecule has 102 valence electrons. The highest BCUT2D eigenvalue weighted by atomic mass is 16.1. The number of nitrogens with two attached hydrogens (primary N) is 2. The van der Waals surface area contributed by atoms with Crippen molar-refractivity contribution in [3.05, 3.63) is 53.1 Å². The van der Waals surface area contributed by atoms with Crippen molar-refractivity contribution in [2.75, 3.05) is 5.73 Å². The summed E-state index contributed by atoms with van der Waals surface area (Å²) >= 11 is 0. The maximum atomic E-state index is 11.7. The van der Waals surface area contributed by atoms with Crippen LogP contribution in [0.1, 0.15) is 34.3 Å². The Balaban J connectivity index is 2.27. The van der Waals surface area contributed by atoms with Crippen molar-refractivity contribution < 1.29 is 4.79 Å². The summed E-state index contributed by atoms with van der Waals surface area (Å²) in [7, 11) is 0. The van der Waals surface area contributed by atoms with E-state index in [0.717, 1.165) is 24.0 Å². The summed E-state index contributed by atoms with van der Waals surface area (Å²) in [4.78, 5) is 11.7. The lowest BCUT2D eigenvalue weighted by Crippen LogP contribution is -2.14. The zero-order chi connectivity index (χ0) is 14.1. The molecule has 3 nitrogen and oxygen atoms in total. The maximum absolute atomic E-state index is 11.7. The Morgan fingerprint density at radius 3 is 2.55 bits per heavy atom. The second kappa shape index (κ2) is 5.00. The summed E-state index contributed by atoms with van der Waals surface area (Å²) in [5.74, 6) is -0.430.